The van der Waals surface area contributed by atoms with Gasteiger partial charge in [0.25, 0.3) is 11.8 Å². The van der Waals surface area contributed by atoms with Crippen LogP contribution in [0.3, 0.4) is 0 Å². The van der Waals surface area contributed by atoms with E-state index < -0.39 is 5.60 Å². The Morgan fingerprint density at radius 2 is 1.96 bits per heavy atom. The Bertz CT molecular complexity index is 874. The van der Waals surface area contributed by atoms with E-state index in [2.05, 4.69) is 10.6 Å². The molecule has 0 saturated heterocycles. The van der Waals surface area contributed by atoms with Crippen LogP contribution in [0.15, 0.2) is 36.4 Å². The van der Waals surface area contributed by atoms with Crippen LogP contribution in [0.5, 0.6) is 11.5 Å². The van der Waals surface area contributed by atoms with Gasteiger partial charge in [0.1, 0.15) is 11.5 Å². The van der Waals surface area contributed by atoms with Gasteiger partial charge in [-0.1, -0.05) is 12.1 Å². The zero-order valence-electron chi connectivity index (χ0n) is 15.3. The molecule has 0 fully saturated rings. The second-order valence-electron chi connectivity index (χ2n) is 6.88. The summed E-state index contributed by atoms with van der Waals surface area (Å²) in [5, 5.41) is 5.55. The average Bonchev–Trinajstić information content (AvgIpc) is 2.57. The molecule has 3 rings (SSSR count). The summed E-state index contributed by atoms with van der Waals surface area (Å²) in [6, 6.07) is 11.0. The molecule has 0 aromatic heterocycles. The molecule has 0 saturated carbocycles. The minimum atomic E-state index is -0.919. The number of nitrogens with one attached hydrogen (secondary N) is 2. The van der Waals surface area contributed by atoms with Gasteiger partial charge >= 0.3 is 0 Å². The van der Waals surface area contributed by atoms with E-state index in [1.807, 2.05) is 32.0 Å². The number of hydrogen-bond donors (Lipinski definition) is 2. The maximum absolute atomic E-state index is 12.2. The Morgan fingerprint density at radius 1 is 1.19 bits per heavy atom. The lowest BCUT2D eigenvalue weighted by atomic mass is 10.1. The molecular weight excluding hydrogens is 332 g/mol. The molecule has 2 aromatic rings. The van der Waals surface area contributed by atoms with Crippen LogP contribution in [0.4, 0.5) is 11.4 Å². The van der Waals surface area contributed by atoms with Gasteiger partial charge < -0.3 is 20.1 Å². The third-order valence-corrected chi connectivity index (χ3v) is 4.13. The number of amides is 2. The normalized spacial score (nSPS) is 14.7. The van der Waals surface area contributed by atoms with Crippen molar-refractivity contribution in [3.63, 3.8) is 0 Å². The predicted molar refractivity (Wildman–Crippen MR) is 99.8 cm³/mol. The van der Waals surface area contributed by atoms with E-state index in [0.29, 0.717) is 22.9 Å². The summed E-state index contributed by atoms with van der Waals surface area (Å²) in [5.74, 6) is 0.744. The van der Waals surface area contributed by atoms with Crippen LogP contribution >= 0.6 is 0 Å². The highest BCUT2D eigenvalue weighted by Crippen LogP contribution is 2.35. The molecule has 0 aliphatic carbocycles. The number of carbonyl (C=O) groups excluding carboxylic acids is 2. The minimum Gasteiger partial charge on any atom is -0.483 e. The molecule has 0 spiro atoms. The molecule has 0 atom stereocenters. The van der Waals surface area contributed by atoms with Crippen molar-refractivity contribution in [3.05, 3.63) is 47.5 Å². The Labute approximate surface area is 152 Å². The highest BCUT2D eigenvalue weighted by Gasteiger charge is 2.35. The van der Waals surface area contributed by atoms with Crippen LogP contribution in [0.2, 0.25) is 0 Å². The zero-order chi connectivity index (χ0) is 18.9. The van der Waals surface area contributed by atoms with Crippen molar-refractivity contribution in [3.8, 4) is 11.5 Å². The third-order valence-electron chi connectivity index (χ3n) is 4.13. The molecule has 2 amide bonds. The molecule has 0 bridgehead atoms. The molecule has 6 heteroatoms. The number of anilines is 2. The maximum Gasteiger partial charge on any atom is 0.268 e. The van der Waals surface area contributed by atoms with Crippen LogP contribution in [0.1, 0.15) is 25.0 Å². The molecule has 136 valence electrons. The maximum atomic E-state index is 12.2. The first-order chi connectivity index (χ1) is 12.2. The summed E-state index contributed by atoms with van der Waals surface area (Å²) in [6.45, 7) is 7.20. The topological polar surface area (TPSA) is 76.7 Å². The van der Waals surface area contributed by atoms with Crippen LogP contribution in [-0.4, -0.2) is 24.0 Å². The number of carbonyl (C=O) groups is 2. The van der Waals surface area contributed by atoms with E-state index in [1.165, 1.54) is 0 Å². The molecule has 0 unspecified atom stereocenters. The zero-order valence-corrected chi connectivity index (χ0v) is 15.3. The number of rotatable bonds is 4. The molecular formula is C20H22N2O4. The smallest absolute Gasteiger partial charge is 0.268 e. The summed E-state index contributed by atoms with van der Waals surface area (Å²) in [5.41, 5.74) is 2.21. The van der Waals surface area contributed by atoms with E-state index in [9.17, 15) is 9.59 Å². The lowest BCUT2D eigenvalue weighted by molar-refractivity contribution is -0.129. The Morgan fingerprint density at radius 3 is 2.73 bits per heavy atom. The first-order valence-corrected chi connectivity index (χ1v) is 8.39. The SMILES string of the molecule is Cc1ccc(C)c(OCC(=O)Nc2ccc3c(c2)NC(=O)C(C)(C)O3)c1. The predicted octanol–water partition coefficient (Wildman–Crippen LogP) is 3.43. The van der Waals surface area contributed by atoms with Crippen molar-refractivity contribution in [2.75, 3.05) is 17.2 Å². The molecule has 0 radical (unpaired) electrons. The first-order valence-electron chi connectivity index (χ1n) is 8.39. The Hall–Kier alpha value is -3.02. The largest absolute Gasteiger partial charge is 0.483 e. The standard InChI is InChI=1S/C20H22N2O4/c1-12-5-6-13(2)17(9-12)25-11-18(23)21-14-7-8-16-15(10-14)22-19(24)20(3,4)26-16/h5-10H,11H2,1-4H3,(H,21,23)(H,22,24). The van der Waals surface area contributed by atoms with Gasteiger partial charge in [0.15, 0.2) is 12.2 Å². The van der Waals surface area contributed by atoms with Crippen LogP contribution < -0.4 is 20.1 Å². The second-order valence-corrected chi connectivity index (χ2v) is 6.88. The third kappa shape index (κ3) is 3.79. The lowest BCUT2D eigenvalue weighted by Gasteiger charge is -2.31. The van der Waals surface area contributed by atoms with Gasteiger partial charge in [-0.3, -0.25) is 9.59 Å². The van der Waals surface area contributed by atoms with E-state index in [-0.39, 0.29) is 18.4 Å². The van der Waals surface area contributed by atoms with Crippen LogP contribution in [-0.2, 0) is 9.59 Å². The fourth-order valence-electron chi connectivity index (χ4n) is 2.59. The van der Waals surface area contributed by atoms with Crippen LogP contribution in [0.25, 0.3) is 0 Å². The fourth-order valence-corrected chi connectivity index (χ4v) is 2.59. The molecule has 1 heterocycles. The van der Waals surface area contributed by atoms with E-state index in [4.69, 9.17) is 9.47 Å². The van der Waals surface area contributed by atoms with Crippen molar-refractivity contribution in [2.45, 2.75) is 33.3 Å². The lowest BCUT2D eigenvalue weighted by Crippen LogP contribution is -2.45. The van der Waals surface area contributed by atoms with Gasteiger partial charge in [0, 0.05) is 5.69 Å². The van der Waals surface area contributed by atoms with Crippen LogP contribution in [0, 0.1) is 13.8 Å². The molecule has 2 N–H and O–H groups in total. The summed E-state index contributed by atoms with van der Waals surface area (Å²) >= 11 is 0. The van der Waals surface area contributed by atoms with E-state index >= 15 is 0 Å². The van der Waals surface area contributed by atoms with Gasteiger partial charge in [-0.25, -0.2) is 0 Å². The number of hydrogen-bond acceptors (Lipinski definition) is 4. The summed E-state index contributed by atoms with van der Waals surface area (Å²) in [4.78, 5) is 24.2. The van der Waals surface area contributed by atoms with Gasteiger partial charge in [-0.2, -0.15) is 0 Å². The van der Waals surface area contributed by atoms with Crippen molar-refractivity contribution in [2.24, 2.45) is 0 Å². The molecule has 6 nitrogen and oxygen atoms in total. The fraction of sp³-hybridized carbons (Fsp3) is 0.300. The van der Waals surface area contributed by atoms with Crippen molar-refractivity contribution in [1.82, 2.24) is 0 Å². The minimum absolute atomic E-state index is 0.0999. The number of aryl methyl sites for hydroxylation is 2. The monoisotopic (exact) mass is 354 g/mol. The summed E-state index contributed by atoms with van der Waals surface area (Å²) in [6.07, 6.45) is 0. The van der Waals surface area contributed by atoms with Crippen molar-refractivity contribution in [1.29, 1.82) is 0 Å². The molecule has 26 heavy (non-hydrogen) atoms. The highest BCUT2D eigenvalue weighted by atomic mass is 16.5. The first kappa shape index (κ1) is 17.8. The summed E-state index contributed by atoms with van der Waals surface area (Å²) in [7, 11) is 0. The quantitative estimate of drug-likeness (QED) is 0.882. The van der Waals surface area contributed by atoms with Crippen molar-refractivity contribution < 1.29 is 19.1 Å². The van der Waals surface area contributed by atoms with Gasteiger partial charge in [0.05, 0.1) is 5.69 Å². The van der Waals surface area contributed by atoms with Gasteiger partial charge in [0.2, 0.25) is 0 Å². The highest BCUT2D eigenvalue weighted by molar-refractivity contribution is 6.01. The summed E-state index contributed by atoms with van der Waals surface area (Å²) < 4.78 is 11.3. The second kappa shape index (κ2) is 6.71. The molecule has 2 aromatic carbocycles. The Kier molecular flexibility index (Phi) is 4.59. The van der Waals surface area contributed by atoms with E-state index in [0.717, 1.165) is 11.1 Å². The Balaban J connectivity index is 1.64. The number of ether oxygens (including phenoxy) is 2. The van der Waals surface area contributed by atoms with Gasteiger partial charge in [-0.15, -0.1) is 0 Å². The number of benzene rings is 2. The van der Waals surface area contributed by atoms with E-state index in [1.54, 1.807) is 32.0 Å². The van der Waals surface area contributed by atoms with Gasteiger partial charge in [-0.05, 0) is 63.1 Å². The molecule has 1 aliphatic heterocycles. The number of fused-ring (bicyclic) bond motifs is 1. The van der Waals surface area contributed by atoms with Crippen molar-refractivity contribution >= 4 is 23.2 Å². The average molecular weight is 354 g/mol. The molecule has 1 aliphatic rings.